The fraction of sp³-hybridized carbons (Fsp3) is 0.133. The molecule has 2 rings (SSSR count). The lowest BCUT2D eigenvalue weighted by molar-refractivity contribution is 0.0988. The summed E-state index contributed by atoms with van der Waals surface area (Å²) >= 11 is 0. The lowest BCUT2D eigenvalue weighted by Gasteiger charge is -2.21. The molecule has 98 valence electrons. The van der Waals surface area contributed by atoms with Crippen LogP contribution in [0.4, 0.5) is 11.4 Å². The third kappa shape index (κ3) is 2.85. The number of carbonyl (C=O) groups is 1. The molecule has 2 aromatic rings. The predicted molar refractivity (Wildman–Crippen MR) is 76.3 cm³/mol. The molecule has 3 N–H and O–H groups in total. The zero-order valence-electron chi connectivity index (χ0n) is 10.7. The van der Waals surface area contributed by atoms with E-state index in [2.05, 4.69) is 0 Å². The second-order valence-electron chi connectivity index (χ2n) is 4.19. The van der Waals surface area contributed by atoms with Gasteiger partial charge in [-0.05, 0) is 37.3 Å². The van der Waals surface area contributed by atoms with Crippen LogP contribution in [0.5, 0.6) is 5.75 Å². The van der Waals surface area contributed by atoms with Gasteiger partial charge in [0.15, 0.2) is 0 Å². The summed E-state index contributed by atoms with van der Waals surface area (Å²) in [6, 6.07) is 13.5. The maximum absolute atomic E-state index is 12.4. The van der Waals surface area contributed by atoms with Crippen LogP contribution in [0.3, 0.4) is 0 Å². The molecule has 0 saturated heterocycles. The highest BCUT2D eigenvalue weighted by Gasteiger charge is 2.16. The van der Waals surface area contributed by atoms with E-state index in [9.17, 15) is 9.90 Å². The summed E-state index contributed by atoms with van der Waals surface area (Å²) in [6.45, 7) is 2.39. The molecule has 1 amide bonds. The van der Waals surface area contributed by atoms with Gasteiger partial charge in [0.2, 0.25) is 0 Å². The van der Waals surface area contributed by atoms with Crippen LogP contribution in [0.25, 0.3) is 0 Å². The number of aromatic hydroxyl groups is 1. The van der Waals surface area contributed by atoms with E-state index in [1.165, 1.54) is 0 Å². The number of anilines is 2. The van der Waals surface area contributed by atoms with E-state index >= 15 is 0 Å². The Kier molecular flexibility index (Phi) is 3.71. The van der Waals surface area contributed by atoms with Crippen molar-refractivity contribution in [3.63, 3.8) is 0 Å². The molecule has 0 fully saturated rings. The van der Waals surface area contributed by atoms with Gasteiger partial charge in [-0.1, -0.05) is 12.1 Å². The minimum atomic E-state index is -0.139. The molecule has 0 unspecified atom stereocenters. The van der Waals surface area contributed by atoms with E-state index in [1.54, 1.807) is 53.4 Å². The van der Waals surface area contributed by atoms with Crippen molar-refractivity contribution < 1.29 is 9.90 Å². The second kappa shape index (κ2) is 5.44. The summed E-state index contributed by atoms with van der Waals surface area (Å²) < 4.78 is 0. The van der Waals surface area contributed by atoms with Crippen LogP contribution in [0.2, 0.25) is 0 Å². The van der Waals surface area contributed by atoms with Crippen LogP contribution in [0.15, 0.2) is 48.5 Å². The molecule has 19 heavy (non-hydrogen) atoms. The summed E-state index contributed by atoms with van der Waals surface area (Å²) in [5.41, 5.74) is 7.44. The Morgan fingerprint density at radius 2 is 1.95 bits per heavy atom. The molecule has 0 aliphatic heterocycles. The SMILES string of the molecule is CCN(C(=O)c1cccc(N)c1)c1cccc(O)c1. The molecule has 4 heteroatoms. The van der Waals surface area contributed by atoms with Gasteiger partial charge in [0.05, 0.1) is 0 Å². The number of hydrogen-bond acceptors (Lipinski definition) is 3. The van der Waals surface area contributed by atoms with E-state index in [0.29, 0.717) is 23.5 Å². The van der Waals surface area contributed by atoms with Crippen molar-refractivity contribution in [2.75, 3.05) is 17.2 Å². The van der Waals surface area contributed by atoms with Crippen molar-refractivity contribution in [2.45, 2.75) is 6.92 Å². The number of phenols is 1. The third-order valence-corrected chi connectivity index (χ3v) is 2.84. The van der Waals surface area contributed by atoms with Gasteiger partial charge in [-0.3, -0.25) is 4.79 Å². The minimum Gasteiger partial charge on any atom is -0.508 e. The molecule has 0 radical (unpaired) electrons. The normalized spacial score (nSPS) is 10.2. The van der Waals surface area contributed by atoms with Gasteiger partial charge in [-0.15, -0.1) is 0 Å². The summed E-state index contributed by atoms with van der Waals surface area (Å²) in [4.78, 5) is 14.0. The van der Waals surface area contributed by atoms with Gasteiger partial charge in [-0.25, -0.2) is 0 Å². The van der Waals surface area contributed by atoms with Crippen molar-refractivity contribution in [2.24, 2.45) is 0 Å². The zero-order valence-corrected chi connectivity index (χ0v) is 10.7. The molecule has 0 aromatic heterocycles. The number of amides is 1. The number of nitrogen functional groups attached to an aromatic ring is 1. The number of nitrogens with zero attached hydrogens (tertiary/aromatic N) is 1. The summed E-state index contributed by atoms with van der Waals surface area (Å²) in [7, 11) is 0. The van der Waals surface area contributed by atoms with Crippen LogP contribution in [0, 0.1) is 0 Å². The molecule has 0 atom stereocenters. The van der Waals surface area contributed by atoms with E-state index < -0.39 is 0 Å². The van der Waals surface area contributed by atoms with Gasteiger partial charge in [-0.2, -0.15) is 0 Å². The molecule has 0 bridgehead atoms. The Labute approximate surface area is 112 Å². The lowest BCUT2D eigenvalue weighted by Crippen LogP contribution is -2.30. The fourth-order valence-electron chi connectivity index (χ4n) is 1.93. The Bertz CT molecular complexity index is 596. The highest BCUT2D eigenvalue weighted by Crippen LogP contribution is 2.22. The Morgan fingerprint density at radius 1 is 1.21 bits per heavy atom. The summed E-state index contributed by atoms with van der Waals surface area (Å²) in [6.07, 6.45) is 0. The van der Waals surface area contributed by atoms with Gasteiger partial charge >= 0.3 is 0 Å². The van der Waals surface area contributed by atoms with E-state index in [4.69, 9.17) is 5.73 Å². The van der Waals surface area contributed by atoms with Crippen LogP contribution in [-0.4, -0.2) is 17.6 Å². The van der Waals surface area contributed by atoms with Gasteiger partial charge in [0.1, 0.15) is 5.75 Å². The van der Waals surface area contributed by atoms with Gasteiger partial charge < -0.3 is 15.7 Å². The Balaban J connectivity index is 2.34. The van der Waals surface area contributed by atoms with E-state index in [-0.39, 0.29) is 11.7 Å². The fourth-order valence-corrected chi connectivity index (χ4v) is 1.93. The molecule has 0 spiro atoms. The van der Waals surface area contributed by atoms with Crippen molar-refractivity contribution in [3.8, 4) is 5.75 Å². The number of hydrogen-bond donors (Lipinski definition) is 2. The van der Waals surface area contributed by atoms with Crippen molar-refractivity contribution >= 4 is 17.3 Å². The molecule has 0 saturated carbocycles. The van der Waals surface area contributed by atoms with E-state index in [1.807, 2.05) is 6.92 Å². The van der Waals surface area contributed by atoms with Crippen molar-refractivity contribution in [1.29, 1.82) is 0 Å². The first-order valence-corrected chi connectivity index (χ1v) is 6.08. The molecule has 0 heterocycles. The van der Waals surface area contributed by atoms with E-state index in [0.717, 1.165) is 0 Å². The average molecular weight is 256 g/mol. The van der Waals surface area contributed by atoms with Crippen LogP contribution < -0.4 is 10.6 Å². The largest absolute Gasteiger partial charge is 0.508 e. The first kappa shape index (κ1) is 13.0. The van der Waals surface area contributed by atoms with Gasteiger partial charge in [0, 0.05) is 29.5 Å². The molecular weight excluding hydrogens is 240 g/mol. The molecule has 4 nitrogen and oxygen atoms in total. The summed E-state index contributed by atoms with van der Waals surface area (Å²) in [5.74, 6) is -0.00303. The van der Waals surface area contributed by atoms with Crippen molar-refractivity contribution in [3.05, 3.63) is 54.1 Å². The second-order valence-corrected chi connectivity index (χ2v) is 4.19. The zero-order chi connectivity index (χ0) is 13.8. The Morgan fingerprint density at radius 3 is 2.58 bits per heavy atom. The molecule has 2 aromatic carbocycles. The predicted octanol–water partition coefficient (Wildman–Crippen LogP) is 2.64. The molecule has 0 aliphatic carbocycles. The monoisotopic (exact) mass is 256 g/mol. The van der Waals surface area contributed by atoms with Crippen LogP contribution in [-0.2, 0) is 0 Å². The van der Waals surface area contributed by atoms with Gasteiger partial charge in [0.25, 0.3) is 5.91 Å². The van der Waals surface area contributed by atoms with Crippen LogP contribution >= 0.6 is 0 Å². The smallest absolute Gasteiger partial charge is 0.258 e. The Hall–Kier alpha value is -2.49. The average Bonchev–Trinajstić information content (AvgIpc) is 2.39. The number of benzene rings is 2. The maximum atomic E-state index is 12.4. The number of phenolic OH excluding ortho intramolecular Hbond substituents is 1. The molecule has 0 aliphatic rings. The lowest BCUT2D eigenvalue weighted by atomic mass is 10.1. The first-order chi connectivity index (χ1) is 9.11. The molecular formula is C15H16N2O2. The highest BCUT2D eigenvalue weighted by molar-refractivity contribution is 6.06. The number of carbonyl (C=O) groups excluding carboxylic acids is 1. The number of nitrogens with two attached hydrogens (primary N) is 1. The summed E-state index contributed by atoms with van der Waals surface area (Å²) in [5, 5.41) is 9.50. The maximum Gasteiger partial charge on any atom is 0.258 e. The van der Waals surface area contributed by atoms with Crippen LogP contribution in [0.1, 0.15) is 17.3 Å². The third-order valence-electron chi connectivity index (χ3n) is 2.84. The standard InChI is InChI=1S/C15H16N2O2/c1-2-17(13-7-4-8-14(18)10-13)15(19)11-5-3-6-12(16)9-11/h3-10,18H,2,16H2,1H3. The van der Waals surface area contributed by atoms with Crippen molar-refractivity contribution in [1.82, 2.24) is 0 Å². The highest BCUT2D eigenvalue weighted by atomic mass is 16.3. The number of rotatable bonds is 3. The first-order valence-electron chi connectivity index (χ1n) is 6.08. The topological polar surface area (TPSA) is 66.6 Å². The minimum absolute atomic E-state index is 0.135. The quantitative estimate of drug-likeness (QED) is 0.830.